The molecule has 0 heterocycles. The van der Waals surface area contributed by atoms with Crippen LogP contribution in [0.25, 0.3) is 0 Å². The molecule has 0 radical (unpaired) electrons. The molecule has 0 aliphatic rings. The molecule has 0 aliphatic carbocycles. The number of quaternary nitrogens is 1. The van der Waals surface area contributed by atoms with Crippen LogP contribution in [0.2, 0.25) is 0 Å². The van der Waals surface area contributed by atoms with Crippen LogP contribution in [0.5, 0.6) is 0 Å². The molecule has 0 saturated heterocycles. The highest BCUT2D eigenvalue weighted by molar-refractivity contribution is 7.58. The number of aliphatic hydroxyl groups excluding tert-OH is 1. The van der Waals surface area contributed by atoms with Crippen LogP contribution in [0, 0.1) is 5.92 Å². The van der Waals surface area contributed by atoms with E-state index in [1.165, 1.54) is 135 Å². The number of hydrogen-bond donors (Lipinski definition) is 1. The predicted octanol–water partition coefficient (Wildman–Crippen LogP) is 12.3. The van der Waals surface area contributed by atoms with E-state index in [1.54, 1.807) is 0 Å². The van der Waals surface area contributed by atoms with Crippen LogP contribution in [0.3, 0.4) is 0 Å². The third-order valence-electron chi connectivity index (χ3n) is 9.27. The van der Waals surface area contributed by atoms with Crippen molar-refractivity contribution in [3.05, 3.63) is 12.2 Å². The molecular weight excluding hydrogens is 585 g/mol. The van der Waals surface area contributed by atoms with Crippen LogP contribution < -0.4 is 0 Å². The maximum Gasteiger partial charge on any atom is 0.164 e. The van der Waals surface area contributed by atoms with E-state index < -0.39 is 11.8 Å². The molecule has 0 spiro atoms. The van der Waals surface area contributed by atoms with Crippen LogP contribution in [0.15, 0.2) is 12.2 Å². The second-order valence-corrected chi connectivity index (χ2v) is 16.7. The molecule has 3 unspecified atom stereocenters. The van der Waals surface area contributed by atoms with Crippen LogP contribution in [0.1, 0.15) is 200 Å². The van der Waals surface area contributed by atoms with Crippen molar-refractivity contribution in [2.75, 3.05) is 27.7 Å². The van der Waals surface area contributed by atoms with Crippen LogP contribution >= 0.6 is 8.58 Å². The Bertz CT molecular complexity index is 717. The molecule has 0 bridgehead atoms. The summed E-state index contributed by atoms with van der Waals surface area (Å²) in [5, 5.41) is 10.6. The Hall–Kier alpha value is -0.570. The monoisotopic (exact) mass is 667 g/mol. The fraction of sp³-hybridized carbons (Fsp3) is 0.902. The molecule has 0 aromatic carbocycles. The summed E-state index contributed by atoms with van der Waals surface area (Å²) in [6, 6.07) is 0. The van der Waals surface area contributed by atoms with Gasteiger partial charge in [0.2, 0.25) is 0 Å². The zero-order chi connectivity index (χ0) is 34.1. The van der Waals surface area contributed by atoms with Gasteiger partial charge in [-0.15, -0.1) is 0 Å². The van der Waals surface area contributed by atoms with E-state index in [4.69, 9.17) is 0 Å². The first-order chi connectivity index (χ1) is 22.2. The number of rotatable bonds is 36. The summed E-state index contributed by atoms with van der Waals surface area (Å²) in [5.74, 6) is -1.04. The summed E-state index contributed by atoms with van der Waals surface area (Å²) in [4.78, 5) is 26.5. The summed E-state index contributed by atoms with van der Waals surface area (Å²) in [6.07, 6.45) is 40.3. The van der Waals surface area contributed by atoms with Gasteiger partial charge in [0.1, 0.15) is 18.2 Å². The Morgan fingerprint density at radius 1 is 0.565 bits per heavy atom. The van der Waals surface area contributed by atoms with Crippen molar-refractivity contribution >= 4 is 19.9 Å². The van der Waals surface area contributed by atoms with E-state index in [9.17, 15) is 14.7 Å². The number of likely N-dealkylation sites (N-methyl/N-ethyl adjacent to an activating group) is 1. The molecule has 0 amide bonds. The van der Waals surface area contributed by atoms with Crippen molar-refractivity contribution in [3.8, 4) is 0 Å². The quantitative estimate of drug-likeness (QED) is 0.0238. The van der Waals surface area contributed by atoms with Gasteiger partial charge < -0.3 is 9.59 Å². The fourth-order valence-electron chi connectivity index (χ4n) is 6.35. The molecule has 3 atom stereocenters. The van der Waals surface area contributed by atoms with Gasteiger partial charge in [0.05, 0.1) is 27.1 Å². The maximum atomic E-state index is 13.2. The Morgan fingerprint density at radius 2 is 0.935 bits per heavy atom. The number of carbonyl (C=O) groups is 2. The van der Waals surface area contributed by atoms with E-state index in [0.29, 0.717) is 23.9 Å². The van der Waals surface area contributed by atoms with Crippen molar-refractivity contribution in [1.29, 1.82) is 0 Å². The van der Waals surface area contributed by atoms with Gasteiger partial charge in [-0.2, -0.15) is 0 Å². The molecule has 0 fully saturated rings. The van der Waals surface area contributed by atoms with Crippen molar-refractivity contribution in [2.24, 2.45) is 5.92 Å². The average Bonchev–Trinajstić information content (AvgIpc) is 2.99. The van der Waals surface area contributed by atoms with Crippen molar-refractivity contribution in [2.45, 2.75) is 206 Å². The Kier molecular flexibility index (Phi) is 32.5. The standard InChI is InChI=1S/C41H81NO3P/c1-6-8-10-12-14-16-18-20-22-24-26-28-30-32-34-36-39(43)38(41(45)46-40(44)37-42(3,4)5)35-33-31-29-27-25-23-21-19-17-15-13-11-9-7-2/h21,23,38,40,44,46H,6-20,22,24-37H2,1-5H3/q+1/b23-21-. The Balaban J connectivity index is 4.24. The van der Waals surface area contributed by atoms with Gasteiger partial charge in [0.25, 0.3) is 0 Å². The van der Waals surface area contributed by atoms with Gasteiger partial charge in [0.15, 0.2) is 5.52 Å². The van der Waals surface area contributed by atoms with Crippen molar-refractivity contribution in [1.82, 2.24) is 0 Å². The molecular formula is C41H81NO3P+. The smallest absolute Gasteiger partial charge is 0.164 e. The van der Waals surface area contributed by atoms with Gasteiger partial charge >= 0.3 is 0 Å². The predicted molar refractivity (Wildman–Crippen MR) is 205 cm³/mol. The first kappa shape index (κ1) is 45.4. The molecule has 1 N–H and O–H groups in total. The highest BCUT2D eigenvalue weighted by Crippen LogP contribution is 2.29. The minimum Gasteiger partial charge on any atom is -0.383 e. The van der Waals surface area contributed by atoms with Crippen LogP contribution in [-0.2, 0) is 9.59 Å². The molecule has 46 heavy (non-hydrogen) atoms. The van der Waals surface area contributed by atoms with Gasteiger partial charge in [-0.3, -0.25) is 9.59 Å². The summed E-state index contributed by atoms with van der Waals surface area (Å²) in [6.45, 7) is 5.08. The topological polar surface area (TPSA) is 54.4 Å². The summed E-state index contributed by atoms with van der Waals surface area (Å²) >= 11 is 0. The Morgan fingerprint density at radius 3 is 1.35 bits per heavy atom. The molecule has 5 heteroatoms. The molecule has 4 nitrogen and oxygen atoms in total. The van der Waals surface area contributed by atoms with E-state index in [1.807, 2.05) is 21.1 Å². The number of carbonyl (C=O) groups excluding carboxylic acids is 2. The SMILES string of the molecule is CCCCCCCC/C=C\CCCCCCC(C(=O)CCCCCCCCCCCCCCCCC)C(=O)PC(O)C[N+](C)(C)C. The number of aliphatic hydroxyl groups is 1. The van der Waals surface area contributed by atoms with E-state index >= 15 is 0 Å². The number of unbranched alkanes of at least 4 members (excludes halogenated alkanes) is 24. The summed E-state index contributed by atoms with van der Waals surface area (Å²) < 4.78 is 0.618. The molecule has 0 aromatic heterocycles. The highest BCUT2D eigenvalue weighted by atomic mass is 31.1. The molecule has 0 rings (SSSR count). The van der Waals surface area contributed by atoms with Crippen LogP contribution in [0.4, 0.5) is 0 Å². The highest BCUT2D eigenvalue weighted by Gasteiger charge is 2.28. The van der Waals surface area contributed by atoms with Gasteiger partial charge in [-0.1, -0.05) is 167 Å². The maximum absolute atomic E-state index is 13.2. The first-order valence-electron chi connectivity index (χ1n) is 20.2. The lowest BCUT2D eigenvalue weighted by molar-refractivity contribution is -0.871. The number of hydrogen-bond acceptors (Lipinski definition) is 3. The Labute approximate surface area is 290 Å². The average molecular weight is 667 g/mol. The minimum absolute atomic E-state index is 0.00969. The van der Waals surface area contributed by atoms with Crippen LogP contribution in [-0.4, -0.2) is 54.4 Å². The molecule has 0 saturated carbocycles. The second-order valence-electron chi connectivity index (χ2n) is 15.2. The normalized spacial score (nSPS) is 13.7. The second kappa shape index (κ2) is 33.0. The number of ketones is 1. The molecule has 272 valence electrons. The number of nitrogens with zero attached hydrogens (tertiary/aromatic N) is 1. The first-order valence-corrected chi connectivity index (χ1v) is 21.3. The largest absolute Gasteiger partial charge is 0.383 e. The van der Waals surface area contributed by atoms with Gasteiger partial charge in [-0.05, 0) is 47.1 Å². The lowest BCUT2D eigenvalue weighted by Gasteiger charge is -2.27. The van der Waals surface area contributed by atoms with E-state index in [2.05, 4.69) is 26.0 Å². The lowest BCUT2D eigenvalue weighted by Crippen LogP contribution is -2.40. The van der Waals surface area contributed by atoms with Crippen molar-refractivity contribution in [3.63, 3.8) is 0 Å². The zero-order valence-electron chi connectivity index (χ0n) is 31.7. The number of allylic oxidation sites excluding steroid dienone is 2. The third-order valence-corrected chi connectivity index (χ3v) is 10.4. The summed E-state index contributed by atoms with van der Waals surface area (Å²) in [7, 11) is 5.90. The van der Waals surface area contributed by atoms with Gasteiger partial charge in [0, 0.05) is 6.42 Å². The van der Waals surface area contributed by atoms with Gasteiger partial charge in [-0.25, -0.2) is 0 Å². The summed E-state index contributed by atoms with van der Waals surface area (Å²) in [5.41, 5.74) is -0.00969. The minimum atomic E-state index is -0.656. The lowest BCUT2D eigenvalue weighted by atomic mass is 9.94. The number of Topliss-reactive ketones (excluding diaryl/α,β-unsaturated/α-hetero) is 1. The van der Waals surface area contributed by atoms with E-state index in [0.717, 1.165) is 38.5 Å². The zero-order valence-corrected chi connectivity index (χ0v) is 32.7. The van der Waals surface area contributed by atoms with Crippen molar-refractivity contribution < 1.29 is 19.2 Å². The molecule has 0 aliphatic heterocycles. The molecule has 0 aromatic rings. The third kappa shape index (κ3) is 32.0. The van der Waals surface area contributed by atoms with E-state index in [-0.39, 0.29) is 19.9 Å². The fourth-order valence-corrected chi connectivity index (χ4v) is 7.83.